The van der Waals surface area contributed by atoms with Crippen molar-refractivity contribution in [2.24, 2.45) is 0 Å². The Morgan fingerprint density at radius 2 is 2.06 bits per heavy atom. The van der Waals surface area contributed by atoms with Crippen molar-refractivity contribution in [3.8, 4) is 0 Å². The molecule has 2 rings (SSSR count). The number of nitrogens with zero attached hydrogens (tertiary/aromatic N) is 3. The molecule has 0 aliphatic carbocycles. The van der Waals surface area contributed by atoms with E-state index < -0.39 is 0 Å². The zero-order chi connectivity index (χ0) is 12.4. The smallest absolute Gasteiger partial charge is 0.222 e. The molecule has 0 aliphatic heterocycles. The van der Waals surface area contributed by atoms with E-state index in [1.807, 2.05) is 18.4 Å². The van der Waals surface area contributed by atoms with Gasteiger partial charge in [0.05, 0.1) is 5.69 Å². The van der Waals surface area contributed by atoms with Gasteiger partial charge in [0.2, 0.25) is 5.95 Å². The minimum absolute atomic E-state index is 0.271. The van der Waals surface area contributed by atoms with Gasteiger partial charge in [0.25, 0.3) is 0 Å². The molecule has 90 valence electrons. The standard InChI is InChI=1S/C11H15N5S/c1-6(2)8-5-17-11(14-8)16-9-4-7(3)13-10(12)15-9/h4-6H,1-3H3,(H3,12,13,14,15,16). The second kappa shape index (κ2) is 4.67. The highest BCUT2D eigenvalue weighted by Crippen LogP contribution is 2.24. The Hall–Kier alpha value is -1.69. The van der Waals surface area contributed by atoms with Gasteiger partial charge in [-0.25, -0.2) is 9.97 Å². The van der Waals surface area contributed by atoms with Crippen molar-refractivity contribution in [3.05, 3.63) is 22.8 Å². The summed E-state index contributed by atoms with van der Waals surface area (Å²) in [5.41, 5.74) is 7.50. The van der Waals surface area contributed by atoms with E-state index in [1.54, 1.807) is 11.3 Å². The summed E-state index contributed by atoms with van der Waals surface area (Å²) in [6, 6.07) is 1.84. The van der Waals surface area contributed by atoms with Gasteiger partial charge in [-0.15, -0.1) is 11.3 Å². The molecular weight excluding hydrogens is 234 g/mol. The molecule has 0 spiro atoms. The Kier molecular flexibility index (Phi) is 3.23. The summed E-state index contributed by atoms with van der Waals surface area (Å²) in [5, 5.41) is 6.01. The van der Waals surface area contributed by atoms with Gasteiger partial charge in [0, 0.05) is 17.1 Å². The molecule has 0 amide bonds. The molecule has 2 heterocycles. The lowest BCUT2D eigenvalue weighted by molar-refractivity contribution is 0.834. The summed E-state index contributed by atoms with van der Waals surface area (Å²) >= 11 is 1.56. The molecule has 0 radical (unpaired) electrons. The third-order valence-electron chi connectivity index (χ3n) is 2.22. The molecule has 0 aliphatic rings. The van der Waals surface area contributed by atoms with Gasteiger partial charge in [0.15, 0.2) is 5.13 Å². The first kappa shape index (κ1) is 11.8. The van der Waals surface area contributed by atoms with Crippen LogP contribution in [-0.4, -0.2) is 15.0 Å². The molecule has 17 heavy (non-hydrogen) atoms. The highest BCUT2D eigenvalue weighted by molar-refractivity contribution is 7.13. The molecule has 0 saturated heterocycles. The largest absolute Gasteiger partial charge is 0.368 e. The number of rotatable bonds is 3. The number of hydrogen-bond donors (Lipinski definition) is 2. The Bertz CT molecular complexity index is 500. The van der Waals surface area contributed by atoms with E-state index in [1.165, 1.54) is 0 Å². The van der Waals surface area contributed by atoms with Gasteiger partial charge >= 0.3 is 0 Å². The third-order valence-corrected chi connectivity index (χ3v) is 3.00. The van der Waals surface area contributed by atoms with Crippen LogP contribution in [0.1, 0.15) is 31.2 Å². The number of hydrogen-bond acceptors (Lipinski definition) is 6. The highest BCUT2D eigenvalue weighted by atomic mass is 32.1. The lowest BCUT2D eigenvalue weighted by Gasteiger charge is -2.03. The Morgan fingerprint density at radius 1 is 1.29 bits per heavy atom. The van der Waals surface area contributed by atoms with Gasteiger partial charge in [-0.1, -0.05) is 13.8 Å². The molecular formula is C11H15N5S. The Morgan fingerprint density at radius 3 is 2.65 bits per heavy atom. The van der Waals surface area contributed by atoms with Crippen LogP contribution in [-0.2, 0) is 0 Å². The van der Waals surface area contributed by atoms with E-state index in [2.05, 4.69) is 34.1 Å². The molecule has 3 N–H and O–H groups in total. The van der Waals surface area contributed by atoms with Crippen molar-refractivity contribution in [1.29, 1.82) is 0 Å². The maximum Gasteiger partial charge on any atom is 0.222 e. The average molecular weight is 249 g/mol. The second-order valence-corrected chi connectivity index (χ2v) is 4.97. The molecule has 2 aromatic rings. The zero-order valence-electron chi connectivity index (χ0n) is 10.1. The van der Waals surface area contributed by atoms with Gasteiger partial charge < -0.3 is 11.1 Å². The van der Waals surface area contributed by atoms with E-state index >= 15 is 0 Å². The summed E-state index contributed by atoms with van der Waals surface area (Å²) in [5.74, 6) is 1.38. The van der Waals surface area contributed by atoms with Crippen LogP contribution in [0.5, 0.6) is 0 Å². The summed E-state index contributed by atoms with van der Waals surface area (Å²) in [4.78, 5) is 12.6. The van der Waals surface area contributed by atoms with E-state index in [0.717, 1.165) is 16.5 Å². The lowest BCUT2D eigenvalue weighted by Crippen LogP contribution is -2.01. The molecule has 2 aromatic heterocycles. The maximum absolute atomic E-state index is 5.59. The number of thiazole rings is 1. The summed E-state index contributed by atoms with van der Waals surface area (Å²) < 4.78 is 0. The normalized spacial score (nSPS) is 10.8. The number of aromatic nitrogens is 3. The highest BCUT2D eigenvalue weighted by Gasteiger charge is 2.07. The second-order valence-electron chi connectivity index (χ2n) is 4.11. The van der Waals surface area contributed by atoms with Crippen molar-refractivity contribution < 1.29 is 0 Å². The van der Waals surface area contributed by atoms with Crippen molar-refractivity contribution in [2.75, 3.05) is 11.1 Å². The minimum Gasteiger partial charge on any atom is -0.368 e. The molecule has 0 aromatic carbocycles. The lowest BCUT2D eigenvalue weighted by atomic mass is 10.2. The predicted molar refractivity (Wildman–Crippen MR) is 70.7 cm³/mol. The molecule has 0 unspecified atom stereocenters. The summed E-state index contributed by atoms with van der Waals surface area (Å²) in [7, 11) is 0. The number of aryl methyl sites for hydroxylation is 1. The van der Waals surface area contributed by atoms with Crippen LogP contribution in [0.15, 0.2) is 11.4 Å². The van der Waals surface area contributed by atoms with E-state index in [-0.39, 0.29) is 5.95 Å². The van der Waals surface area contributed by atoms with Crippen molar-refractivity contribution in [3.63, 3.8) is 0 Å². The first-order valence-electron chi connectivity index (χ1n) is 5.38. The van der Waals surface area contributed by atoms with Crippen molar-refractivity contribution >= 4 is 28.2 Å². The molecule has 6 heteroatoms. The van der Waals surface area contributed by atoms with Crippen molar-refractivity contribution in [1.82, 2.24) is 15.0 Å². The van der Waals surface area contributed by atoms with Gasteiger partial charge in [-0.2, -0.15) is 4.98 Å². The maximum atomic E-state index is 5.59. The first-order chi connectivity index (χ1) is 8.04. The summed E-state index contributed by atoms with van der Waals surface area (Å²) in [6.07, 6.45) is 0. The van der Waals surface area contributed by atoms with Crippen LogP contribution in [0, 0.1) is 6.92 Å². The van der Waals surface area contributed by atoms with Crippen LogP contribution < -0.4 is 11.1 Å². The summed E-state index contributed by atoms with van der Waals surface area (Å²) in [6.45, 7) is 6.11. The van der Waals surface area contributed by atoms with Crippen LogP contribution in [0.4, 0.5) is 16.9 Å². The first-order valence-corrected chi connectivity index (χ1v) is 6.26. The van der Waals surface area contributed by atoms with Crippen LogP contribution in [0.2, 0.25) is 0 Å². The fraction of sp³-hybridized carbons (Fsp3) is 0.364. The molecule has 5 nitrogen and oxygen atoms in total. The van der Waals surface area contributed by atoms with Gasteiger partial charge in [-0.3, -0.25) is 0 Å². The van der Waals surface area contributed by atoms with E-state index in [9.17, 15) is 0 Å². The fourth-order valence-corrected chi connectivity index (χ4v) is 2.25. The zero-order valence-corrected chi connectivity index (χ0v) is 10.9. The van der Waals surface area contributed by atoms with E-state index in [4.69, 9.17) is 5.73 Å². The monoisotopic (exact) mass is 249 g/mol. The van der Waals surface area contributed by atoms with E-state index in [0.29, 0.717) is 11.7 Å². The van der Waals surface area contributed by atoms with Gasteiger partial charge in [-0.05, 0) is 12.8 Å². The topological polar surface area (TPSA) is 76.7 Å². The molecule has 0 fully saturated rings. The number of nitrogens with one attached hydrogen (secondary N) is 1. The fourth-order valence-electron chi connectivity index (χ4n) is 1.37. The minimum atomic E-state index is 0.271. The average Bonchev–Trinajstić information content (AvgIpc) is 2.64. The number of anilines is 3. The van der Waals surface area contributed by atoms with Crippen LogP contribution in [0.3, 0.4) is 0 Å². The van der Waals surface area contributed by atoms with Crippen LogP contribution in [0.25, 0.3) is 0 Å². The van der Waals surface area contributed by atoms with Gasteiger partial charge in [0.1, 0.15) is 5.82 Å². The molecule has 0 saturated carbocycles. The van der Waals surface area contributed by atoms with Crippen molar-refractivity contribution in [2.45, 2.75) is 26.7 Å². The Labute approximate surface area is 104 Å². The Balaban J connectivity index is 2.19. The SMILES string of the molecule is Cc1cc(Nc2nc(C(C)C)cs2)nc(N)n1. The molecule has 0 atom stereocenters. The number of nitrogens with two attached hydrogens (primary N) is 1. The molecule has 0 bridgehead atoms. The third kappa shape index (κ3) is 2.91. The predicted octanol–water partition coefficient (Wildman–Crippen LogP) is 2.69. The number of nitrogen functional groups attached to an aromatic ring is 1. The quantitative estimate of drug-likeness (QED) is 0.874. The van der Waals surface area contributed by atoms with Crippen LogP contribution >= 0.6 is 11.3 Å².